The second-order valence-electron chi connectivity index (χ2n) is 6.19. The Morgan fingerprint density at radius 1 is 1.00 bits per heavy atom. The molecule has 2 N–H and O–H groups in total. The van der Waals surface area contributed by atoms with Gasteiger partial charge in [0.05, 0.1) is 0 Å². The van der Waals surface area contributed by atoms with Crippen LogP contribution in [0.5, 0.6) is 0 Å². The lowest BCUT2D eigenvalue weighted by Crippen LogP contribution is -2.26. The van der Waals surface area contributed by atoms with Crippen LogP contribution in [-0.4, -0.2) is 17.9 Å². The molecule has 2 heterocycles. The summed E-state index contributed by atoms with van der Waals surface area (Å²) in [6.07, 6.45) is 15.5. The van der Waals surface area contributed by atoms with Crippen molar-refractivity contribution in [2.45, 2.75) is 70.6 Å². The molecule has 0 aromatic rings. The maximum absolute atomic E-state index is 11.7. The number of fused-ring (bicyclic) bond motifs is 11. The van der Waals surface area contributed by atoms with Crippen LogP contribution >= 0.6 is 0 Å². The molecule has 1 amide bonds. The number of amides is 1. The number of allylic oxidation sites excluding steroid dienone is 2. The van der Waals surface area contributed by atoms with E-state index >= 15 is 0 Å². The number of nitrogens with two attached hydrogens (primary N) is 1. The van der Waals surface area contributed by atoms with Crippen LogP contribution in [0.2, 0.25) is 0 Å². The molecule has 0 aromatic carbocycles. The molecule has 0 radical (unpaired) electrons. The molecule has 0 aromatic heterocycles. The summed E-state index contributed by atoms with van der Waals surface area (Å²) in [5.41, 5.74) is 8.96. The lowest BCUT2D eigenvalue weighted by atomic mass is 9.92. The molecule has 0 saturated carbocycles. The van der Waals surface area contributed by atoms with E-state index in [0.29, 0.717) is 0 Å². The fourth-order valence-corrected chi connectivity index (χ4v) is 3.35. The van der Waals surface area contributed by atoms with E-state index in [4.69, 9.17) is 5.73 Å². The highest BCUT2D eigenvalue weighted by molar-refractivity contribution is 5.93. The van der Waals surface area contributed by atoms with E-state index in [2.05, 4.69) is 18.1 Å². The van der Waals surface area contributed by atoms with Gasteiger partial charge >= 0.3 is 0 Å². The molecule has 1 aliphatic carbocycles. The largest absolute Gasteiger partial charge is 0.366 e. The Hall–Kier alpha value is -1.25. The number of carbonyl (C=O) groups is 1. The van der Waals surface area contributed by atoms with Gasteiger partial charge in [-0.1, -0.05) is 38.5 Å². The molecule has 112 valence electrons. The van der Waals surface area contributed by atoms with Crippen molar-refractivity contribution in [3.63, 3.8) is 0 Å². The van der Waals surface area contributed by atoms with E-state index < -0.39 is 0 Å². The summed E-state index contributed by atoms with van der Waals surface area (Å²) < 4.78 is 0. The predicted molar refractivity (Wildman–Crippen MR) is 82.9 cm³/mol. The van der Waals surface area contributed by atoms with Gasteiger partial charge in [0, 0.05) is 30.9 Å². The van der Waals surface area contributed by atoms with E-state index in [-0.39, 0.29) is 5.91 Å². The SMILES string of the molecule is CN1C=C2CCCCCCCCCCC1=C(C(N)=O)C2. The Bertz CT molecular complexity index is 409. The molecule has 3 nitrogen and oxygen atoms in total. The van der Waals surface area contributed by atoms with E-state index in [9.17, 15) is 4.79 Å². The molecule has 0 unspecified atom stereocenters. The fourth-order valence-electron chi connectivity index (χ4n) is 3.35. The van der Waals surface area contributed by atoms with Crippen molar-refractivity contribution < 1.29 is 4.79 Å². The maximum Gasteiger partial charge on any atom is 0.246 e. The van der Waals surface area contributed by atoms with Gasteiger partial charge in [0.15, 0.2) is 0 Å². The van der Waals surface area contributed by atoms with Gasteiger partial charge in [-0.05, 0) is 31.3 Å². The van der Waals surface area contributed by atoms with Crippen molar-refractivity contribution in [3.8, 4) is 0 Å². The van der Waals surface area contributed by atoms with Crippen molar-refractivity contribution in [1.82, 2.24) is 4.90 Å². The lowest BCUT2D eigenvalue weighted by molar-refractivity contribution is -0.114. The zero-order chi connectivity index (χ0) is 14.4. The van der Waals surface area contributed by atoms with Crippen LogP contribution in [0.3, 0.4) is 0 Å². The van der Waals surface area contributed by atoms with Crippen LogP contribution in [0.4, 0.5) is 0 Å². The van der Waals surface area contributed by atoms with Gasteiger partial charge in [0.1, 0.15) is 0 Å². The van der Waals surface area contributed by atoms with Gasteiger partial charge in [0.25, 0.3) is 0 Å². The minimum absolute atomic E-state index is 0.232. The van der Waals surface area contributed by atoms with Crippen molar-refractivity contribution >= 4 is 5.91 Å². The first-order valence-corrected chi connectivity index (χ1v) is 8.12. The minimum Gasteiger partial charge on any atom is -0.366 e. The zero-order valence-corrected chi connectivity index (χ0v) is 12.8. The summed E-state index contributed by atoms with van der Waals surface area (Å²) in [6, 6.07) is 0. The summed E-state index contributed by atoms with van der Waals surface area (Å²) in [5, 5.41) is 0. The second-order valence-corrected chi connectivity index (χ2v) is 6.19. The van der Waals surface area contributed by atoms with Gasteiger partial charge < -0.3 is 10.6 Å². The van der Waals surface area contributed by atoms with Crippen molar-refractivity contribution in [2.24, 2.45) is 5.73 Å². The Morgan fingerprint density at radius 3 is 2.15 bits per heavy atom. The van der Waals surface area contributed by atoms with Crippen molar-refractivity contribution in [1.29, 1.82) is 0 Å². The number of rotatable bonds is 1. The predicted octanol–water partition coefficient (Wildman–Crippen LogP) is 3.86. The molecule has 2 bridgehead atoms. The molecule has 20 heavy (non-hydrogen) atoms. The van der Waals surface area contributed by atoms with Gasteiger partial charge in [-0.25, -0.2) is 0 Å². The van der Waals surface area contributed by atoms with E-state index in [1.54, 1.807) is 0 Å². The summed E-state index contributed by atoms with van der Waals surface area (Å²) >= 11 is 0. The molecule has 2 aliphatic heterocycles. The highest BCUT2D eigenvalue weighted by atomic mass is 16.1. The Morgan fingerprint density at radius 2 is 1.55 bits per heavy atom. The number of carbonyl (C=O) groups excluding carboxylic acids is 1. The third kappa shape index (κ3) is 4.12. The minimum atomic E-state index is -0.232. The highest BCUT2D eigenvalue weighted by Crippen LogP contribution is 2.30. The average Bonchev–Trinajstić information content (AvgIpc) is 2.41. The first-order valence-electron chi connectivity index (χ1n) is 8.12. The van der Waals surface area contributed by atoms with E-state index in [1.807, 2.05) is 0 Å². The van der Waals surface area contributed by atoms with Crippen molar-refractivity contribution in [2.75, 3.05) is 7.05 Å². The van der Waals surface area contributed by atoms with E-state index in [1.165, 1.54) is 56.9 Å². The Kier molecular flexibility index (Phi) is 5.69. The van der Waals surface area contributed by atoms with Crippen LogP contribution in [-0.2, 0) is 4.79 Å². The average molecular weight is 276 g/mol. The number of hydrogen-bond acceptors (Lipinski definition) is 2. The summed E-state index contributed by atoms with van der Waals surface area (Å²) in [7, 11) is 2.06. The molecule has 3 heteroatoms. The molecule has 0 saturated heterocycles. The van der Waals surface area contributed by atoms with Crippen LogP contribution < -0.4 is 5.73 Å². The number of hydrogen-bond donors (Lipinski definition) is 1. The van der Waals surface area contributed by atoms with Gasteiger partial charge in [0.2, 0.25) is 5.91 Å². The quantitative estimate of drug-likeness (QED) is 0.790. The van der Waals surface area contributed by atoms with E-state index in [0.717, 1.165) is 30.5 Å². The summed E-state index contributed by atoms with van der Waals surface area (Å²) in [6.45, 7) is 0. The molecule has 3 rings (SSSR count). The first-order chi connectivity index (χ1) is 9.68. The summed E-state index contributed by atoms with van der Waals surface area (Å²) in [4.78, 5) is 13.9. The van der Waals surface area contributed by atoms with Crippen LogP contribution in [0.1, 0.15) is 70.6 Å². The van der Waals surface area contributed by atoms with Crippen LogP contribution in [0.15, 0.2) is 23.0 Å². The lowest BCUT2D eigenvalue weighted by Gasteiger charge is -2.28. The number of nitrogens with zero attached hydrogens (tertiary/aromatic N) is 1. The first kappa shape index (κ1) is 15.1. The fraction of sp³-hybridized carbons (Fsp3) is 0.706. The Labute approximate surface area is 122 Å². The standard InChI is InChI=1S/C17H28N2O/c1-19-13-14-10-8-6-4-2-3-5-7-9-11-16(19)15(12-14)17(18)20/h13H,2-12H2,1H3,(H2,18,20). The molecular formula is C17H28N2O. The molecule has 0 atom stereocenters. The van der Waals surface area contributed by atoms with Crippen LogP contribution in [0, 0.1) is 0 Å². The van der Waals surface area contributed by atoms with Gasteiger partial charge in [-0.2, -0.15) is 0 Å². The maximum atomic E-state index is 11.7. The van der Waals surface area contributed by atoms with Crippen LogP contribution in [0.25, 0.3) is 0 Å². The summed E-state index contributed by atoms with van der Waals surface area (Å²) in [5.74, 6) is -0.232. The number of primary amides is 1. The zero-order valence-electron chi connectivity index (χ0n) is 12.8. The monoisotopic (exact) mass is 276 g/mol. The topological polar surface area (TPSA) is 46.3 Å². The normalized spacial score (nSPS) is 22.4. The highest BCUT2D eigenvalue weighted by Gasteiger charge is 2.21. The molecule has 3 aliphatic rings. The van der Waals surface area contributed by atoms with Gasteiger partial charge in [-0.15, -0.1) is 0 Å². The Balaban J connectivity index is 2.12. The molecule has 0 fully saturated rings. The molecular weight excluding hydrogens is 248 g/mol. The van der Waals surface area contributed by atoms with Crippen molar-refractivity contribution in [3.05, 3.63) is 23.0 Å². The third-order valence-corrected chi connectivity index (χ3v) is 4.51. The third-order valence-electron chi connectivity index (χ3n) is 4.51. The van der Waals surface area contributed by atoms with Gasteiger partial charge in [-0.3, -0.25) is 4.79 Å². The second kappa shape index (κ2) is 7.51. The smallest absolute Gasteiger partial charge is 0.246 e. The molecule has 0 spiro atoms.